The molecular formula is C33H52N2O4. The predicted octanol–water partition coefficient (Wildman–Crippen LogP) is 9.21. The first-order chi connectivity index (χ1) is 19.1. The van der Waals surface area contributed by atoms with Crippen molar-refractivity contribution in [2.24, 2.45) is 5.73 Å². The number of hydrogen-bond acceptors (Lipinski definition) is 4. The van der Waals surface area contributed by atoms with E-state index in [2.05, 4.69) is 6.92 Å². The number of primary amides is 1. The number of nitrogens with two attached hydrogens (primary N) is 1. The van der Waals surface area contributed by atoms with Gasteiger partial charge in [0, 0.05) is 13.1 Å². The molecule has 2 amide bonds. The quantitative estimate of drug-likeness (QED) is 0.138. The molecule has 2 rings (SSSR count). The third-order valence-corrected chi connectivity index (χ3v) is 7.08. The molecule has 0 saturated heterocycles. The molecule has 0 heterocycles. The molecule has 6 heteroatoms. The van der Waals surface area contributed by atoms with Gasteiger partial charge in [-0.05, 0) is 67.8 Å². The molecule has 0 unspecified atom stereocenters. The Morgan fingerprint density at radius 2 is 1.05 bits per heavy atom. The highest BCUT2D eigenvalue weighted by atomic mass is 16.5. The molecule has 3 N–H and O–H groups in total. The summed E-state index contributed by atoms with van der Waals surface area (Å²) in [5, 5.41) is 9.35. The maximum absolute atomic E-state index is 11.7. The Labute approximate surface area is 236 Å². The van der Waals surface area contributed by atoms with Gasteiger partial charge in [0.1, 0.15) is 23.0 Å². The molecule has 0 atom stereocenters. The van der Waals surface area contributed by atoms with Gasteiger partial charge in [-0.15, -0.1) is 0 Å². The maximum Gasteiger partial charge on any atom is 0.314 e. The lowest BCUT2D eigenvalue weighted by Gasteiger charge is -2.20. The van der Waals surface area contributed by atoms with Gasteiger partial charge in [-0.1, -0.05) is 90.4 Å². The minimum absolute atomic E-state index is 0.221. The van der Waals surface area contributed by atoms with Gasteiger partial charge in [-0.3, -0.25) is 0 Å². The van der Waals surface area contributed by atoms with E-state index in [-0.39, 0.29) is 11.8 Å². The standard InChI is InChI=1S/C33H52N2O4/c1-2-3-4-5-6-9-12-15-26-35(33(34)37)27-16-13-10-7-8-11-14-17-28-38-30-22-24-32(25-23-30)39-31-20-18-29(36)19-21-31/h18-25,36H,2-17,26-28H2,1H3,(H2,34,37). The van der Waals surface area contributed by atoms with Gasteiger partial charge < -0.3 is 25.2 Å². The summed E-state index contributed by atoms with van der Waals surface area (Å²) in [6.45, 7) is 4.58. The fourth-order valence-electron chi connectivity index (χ4n) is 4.68. The SMILES string of the molecule is CCCCCCCCCCN(CCCCCCCCCCOc1ccc(Oc2ccc(O)cc2)cc1)C(N)=O. The van der Waals surface area contributed by atoms with Crippen molar-refractivity contribution < 1.29 is 19.4 Å². The largest absolute Gasteiger partial charge is 0.508 e. The van der Waals surface area contributed by atoms with Gasteiger partial charge in [0.05, 0.1) is 6.61 Å². The molecule has 0 fully saturated rings. The van der Waals surface area contributed by atoms with E-state index in [1.54, 1.807) is 24.3 Å². The Bertz CT molecular complexity index is 870. The molecule has 0 saturated carbocycles. The summed E-state index contributed by atoms with van der Waals surface area (Å²) >= 11 is 0. The van der Waals surface area contributed by atoms with Crippen molar-refractivity contribution in [1.82, 2.24) is 4.90 Å². The zero-order valence-corrected chi connectivity index (χ0v) is 24.3. The number of urea groups is 1. The van der Waals surface area contributed by atoms with Gasteiger partial charge in [-0.25, -0.2) is 4.79 Å². The minimum atomic E-state index is -0.265. The smallest absolute Gasteiger partial charge is 0.314 e. The van der Waals surface area contributed by atoms with Gasteiger partial charge in [-0.2, -0.15) is 0 Å². The number of carbonyl (C=O) groups is 1. The summed E-state index contributed by atoms with van der Waals surface area (Å²) in [5.74, 6) is 2.49. The normalized spacial score (nSPS) is 10.9. The summed E-state index contributed by atoms with van der Waals surface area (Å²) in [6, 6.07) is 14.0. The van der Waals surface area contributed by atoms with Crippen LogP contribution in [0, 0.1) is 0 Å². The number of phenols is 1. The highest BCUT2D eigenvalue weighted by Gasteiger charge is 2.08. The Kier molecular flexibility index (Phi) is 17.4. The zero-order valence-electron chi connectivity index (χ0n) is 24.3. The summed E-state index contributed by atoms with van der Waals surface area (Å²) in [7, 11) is 0. The lowest BCUT2D eigenvalue weighted by atomic mass is 10.1. The molecule has 6 nitrogen and oxygen atoms in total. The van der Waals surface area contributed by atoms with Crippen LogP contribution in [-0.2, 0) is 0 Å². The molecule has 0 aliphatic carbocycles. The lowest BCUT2D eigenvalue weighted by Crippen LogP contribution is -2.37. The van der Waals surface area contributed by atoms with E-state index in [0.717, 1.165) is 56.9 Å². The zero-order chi connectivity index (χ0) is 28.0. The number of amides is 2. The molecule has 0 aliphatic heterocycles. The molecule has 218 valence electrons. The molecule has 0 radical (unpaired) electrons. The monoisotopic (exact) mass is 540 g/mol. The summed E-state index contributed by atoms with van der Waals surface area (Å²) in [4.78, 5) is 13.6. The number of nitrogens with zero attached hydrogens (tertiary/aromatic N) is 1. The Morgan fingerprint density at radius 3 is 1.54 bits per heavy atom. The van der Waals surface area contributed by atoms with Crippen LogP contribution in [-0.4, -0.2) is 35.7 Å². The number of rotatable bonds is 23. The van der Waals surface area contributed by atoms with Crippen LogP contribution in [0.5, 0.6) is 23.0 Å². The molecule has 2 aromatic rings. The second-order valence-corrected chi connectivity index (χ2v) is 10.5. The number of unbranched alkanes of at least 4 members (excludes halogenated alkanes) is 14. The Balaban J connectivity index is 1.41. The molecular weight excluding hydrogens is 488 g/mol. The first-order valence-corrected chi connectivity index (χ1v) is 15.3. The van der Waals surface area contributed by atoms with Crippen molar-refractivity contribution in [3.8, 4) is 23.0 Å². The first-order valence-electron chi connectivity index (χ1n) is 15.3. The number of hydrogen-bond donors (Lipinski definition) is 2. The van der Waals surface area contributed by atoms with Crippen LogP contribution in [0.3, 0.4) is 0 Å². The molecule has 2 aromatic carbocycles. The fraction of sp³-hybridized carbons (Fsp3) is 0.606. The fourth-order valence-corrected chi connectivity index (χ4v) is 4.68. The number of aromatic hydroxyl groups is 1. The highest BCUT2D eigenvalue weighted by Crippen LogP contribution is 2.25. The lowest BCUT2D eigenvalue weighted by molar-refractivity contribution is 0.204. The number of carbonyl (C=O) groups excluding carboxylic acids is 1. The van der Waals surface area contributed by atoms with Crippen LogP contribution < -0.4 is 15.2 Å². The summed E-state index contributed by atoms with van der Waals surface area (Å²) < 4.78 is 11.6. The number of benzene rings is 2. The summed E-state index contributed by atoms with van der Waals surface area (Å²) in [6.07, 6.45) is 19.6. The predicted molar refractivity (Wildman–Crippen MR) is 161 cm³/mol. The molecule has 0 aliphatic rings. The van der Waals surface area contributed by atoms with E-state index in [1.807, 2.05) is 29.2 Å². The highest BCUT2D eigenvalue weighted by molar-refractivity contribution is 5.71. The van der Waals surface area contributed by atoms with Crippen LogP contribution in [0.25, 0.3) is 0 Å². The van der Waals surface area contributed by atoms with Gasteiger partial charge in [0.25, 0.3) is 0 Å². The average molecular weight is 541 g/mol. The topological polar surface area (TPSA) is 85.0 Å². The number of ether oxygens (including phenoxy) is 2. The number of phenolic OH excluding ortho intramolecular Hbond substituents is 1. The average Bonchev–Trinajstić information content (AvgIpc) is 2.94. The van der Waals surface area contributed by atoms with Crippen molar-refractivity contribution in [3.05, 3.63) is 48.5 Å². The molecule has 0 bridgehead atoms. The van der Waals surface area contributed by atoms with Crippen LogP contribution >= 0.6 is 0 Å². The van der Waals surface area contributed by atoms with Crippen molar-refractivity contribution >= 4 is 6.03 Å². The first kappa shape index (κ1) is 32.3. The van der Waals surface area contributed by atoms with E-state index in [4.69, 9.17) is 15.2 Å². The third-order valence-electron chi connectivity index (χ3n) is 7.08. The van der Waals surface area contributed by atoms with E-state index in [9.17, 15) is 9.90 Å². The third kappa shape index (κ3) is 16.0. The molecule has 39 heavy (non-hydrogen) atoms. The van der Waals surface area contributed by atoms with E-state index in [1.165, 1.54) is 77.0 Å². The second kappa shape index (κ2) is 21.0. The van der Waals surface area contributed by atoms with Crippen LogP contribution in [0.2, 0.25) is 0 Å². The van der Waals surface area contributed by atoms with Crippen LogP contribution in [0.15, 0.2) is 48.5 Å². The van der Waals surface area contributed by atoms with Crippen molar-refractivity contribution in [2.45, 2.75) is 110 Å². The van der Waals surface area contributed by atoms with Crippen LogP contribution in [0.4, 0.5) is 4.79 Å². The van der Waals surface area contributed by atoms with Crippen molar-refractivity contribution in [2.75, 3.05) is 19.7 Å². The molecule has 0 spiro atoms. The molecule has 0 aromatic heterocycles. The Morgan fingerprint density at radius 1 is 0.641 bits per heavy atom. The van der Waals surface area contributed by atoms with Gasteiger partial charge >= 0.3 is 6.03 Å². The maximum atomic E-state index is 11.7. The van der Waals surface area contributed by atoms with Crippen LogP contribution in [0.1, 0.15) is 110 Å². The minimum Gasteiger partial charge on any atom is -0.508 e. The Hall–Kier alpha value is -2.89. The van der Waals surface area contributed by atoms with E-state index in [0.29, 0.717) is 5.75 Å². The van der Waals surface area contributed by atoms with Crippen molar-refractivity contribution in [1.29, 1.82) is 0 Å². The summed E-state index contributed by atoms with van der Waals surface area (Å²) in [5.41, 5.74) is 5.59. The van der Waals surface area contributed by atoms with Gasteiger partial charge in [0.2, 0.25) is 0 Å². The van der Waals surface area contributed by atoms with Crippen molar-refractivity contribution in [3.63, 3.8) is 0 Å². The van der Waals surface area contributed by atoms with E-state index >= 15 is 0 Å². The second-order valence-electron chi connectivity index (χ2n) is 10.5. The van der Waals surface area contributed by atoms with E-state index < -0.39 is 0 Å². The van der Waals surface area contributed by atoms with Gasteiger partial charge in [0.15, 0.2) is 0 Å².